The van der Waals surface area contributed by atoms with E-state index >= 15 is 0 Å². The summed E-state index contributed by atoms with van der Waals surface area (Å²) in [6, 6.07) is 15.6. The molecule has 0 aliphatic rings. The second kappa shape index (κ2) is 8.40. The Kier molecular flexibility index (Phi) is 6.19. The van der Waals surface area contributed by atoms with E-state index in [2.05, 4.69) is 18.7 Å². The van der Waals surface area contributed by atoms with Gasteiger partial charge in [0.15, 0.2) is 0 Å². The Morgan fingerprint density at radius 1 is 0.762 bits per heavy atom. The minimum atomic E-state index is -1.46. The van der Waals surface area contributed by atoms with E-state index in [0.717, 1.165) is 22.6 Å². The molecule has 0 unspecified atom stereocenters. The Bertz CT molecular complexity index is 666. The van der Waals surface area contributed by atoms with Gasteiger partial charge in [-0.05, 0) is 0 Å². The number of benzene rings is 2. The third kappa shape index (κ3) is 5.18. The van der Waals surface area contributed by atoms with Crippen LogP contribution in [0.15, 0.2) is 48.5 Å². The number of hydrogen-bond acceptors (Lipinski definition) is 2. The molecule has 2 rings (SSSR count). The molecule has 0 spiro atoms. The summed E-state index contributed by atoms with van der Waals surface area (Å²) in [6.45, 7) is 0. The molecule has 3 heteroatoms. The maximum absolute atomic E-state index is 5.17. The van der Waals surface area contributed by atoms with E-state index in [4.69, 9.17) is 9.47 Å². The fraction of sp³-hybridized carbons (Fsp3) is 0.111. The molecule has 0 aromatic heterocycles. The number of methoxy groups -OCH3 is 2. The molecule has 100 valence electrons. The van der Waals surface area contributed by atoms with Crippen LogP contribution in [0.5, 0.6) is 11.5 Å². The van der Waals surface area contributed by atoms with Crippen molar-refractivity contribution in [1.29, 1.82) is 0 Å². The molecule has 21 heavy (non-hydrogen) atoms. The first-order chi connectivity index (χ1) is 10.3. The molecule has 0 amide bonds. The second-order valence-electron chi connectivity index (χ2n) is 4.24. The van der Waals surface area contributed by atoms with Crippen molar-refractivity contribution in [3.05, 3.63) is 59.7 Å². The summed E-state index contributed by atoms with van der Waals surface area (Å²) >= 11 is -1.46. The molecule has 0 N–H and O–H groups in total. The van der Waals surface area contributed by atoms with Crippen LogP contribution in [0.1, 0.15) is 11.1 Å². The van der Waals surface area contributed by atoms with Crippen molar-refractivity contribution in [2.75, 3.05) is 14.2 Å². The van der Waals surface area contributed by atoms with E-state index in [-0.39, 0.29) is 0 Å². The first-order valence-corrected chi connectivity index (χ1v) is 12.1. The summed E-state index contributed by atoms with van der Waals surface area (Å²) < 4.78 is 16.9. The minimum absolute atomic E-state index is 0.834. The van der Waals surface area contributed by atoms with E-state index in [1.54, 1.807) is 14.2 Å². The Morgan fingerprint density at radius 2 is 1.24 bits per heavy atom. The van der Waals surface area contributed by atoms with Crippen molar-refractivity contribution in [3.8, 4) is 30.2 Å². The normalized spacial score (nSPS) is 8.48. The molecule has 2 nitrogen and oxygen atoms in total. The van der Waals surface area contributed by atoms with Crippen LogP contribution in [0.4, 0.5) is 0 Å². The predicted octanol–water partition coefficient (Wildman–Crippen LogP) is 3.10. The van der Waals surface area contributed by atoms with Crippen LogP contribution in [-0.4, -0.2) is 14.2 Å². The van der Waals surface area contributed by atoms with E-state index in [0.29, 0.717) is 0 Å². The molecule has 0 atom stereocenters. The van der Waals surface area contributed by atoms with Crippen molar-refractivity contribution in [2.24, 2.45) is 0 Å². The number of ether oxygens (including phenoxy) is 2. The van der Waals surface area contributed by atoms with Gasteiger partial charge in [-0.1, -0.05) is 0 Å². The molecule has 0 aliphatic heterocycles. The van der Waals surface area contributed by atoms with Crippen LogP contribution in [0.2, 0.25) is 0 Å². The molecule has 2 aromatic rings. The topological polar surface area (TPSA) is 18.5 Å². The molecule has 2 aromatic carbocycles. The molecule has 0 fully saturated rings. The van der Waals surface area contributed by atoms with Gasteiger partial charge in [0.05, 0.1) is 0 Å². The van der Waals surface area contributed by atoms with Crippen LogP contribution in [-0.2, 0) is 24.6 Å². The van der Waals surface area contributed by atoms with Gasteiger partial charge in [0.25, 0.3) is 0 Å². The van der Waals surface area contributed by atoms with Crippen LogP contribution in [0.25, 0.3) is 0 Å². The van der Waals surface area contributed by atoms with Crippen molar-refractivity contribution >= 4 is 0 Å². The third-order valence-corrected chi connectivity index (χ3v) is 5.53. The predicted molar refractivity (Wildman–Crippen MR) is 79.7 cm³/mol. The number of rotatable bonds is 2. The molecular formula is C18H14HgO2. The van der Waals surface area contributed by atoms with Crippen molar-refractivity contribution in [2.45, 2.75) is 0 Å². The molecular weight excluding hydrogens is 449 g/mol. The van der Waals surface area contributed by atoms with Gasteiger partial charge in [-0.3, -0.25) is 0 Å². The number of hydrogen-bond donors (Lipinski definition) is 0. The van der Waals surface area contributed by atoms with Gasteiger partial charge >= 0.3 is 138 Å². The van der Waals surface area contributed by atoms with Crippen molar-refractivity contribution in [1.82, 2.24) is 0 Å². The van der Waals surface area contributed by atoms with Gasteiger partial charge in [-0.25, -0.2) is 0 Å². The molecule has 0 aliphatic carbocycles. The van der Waals surface area contributed by atoms with Crippen molar-refractivity contribution in [3.63, 3.8) is 0 Å². The fourth-order valence-corrected chi connectivity index (χ4v) is 4.36. The SMILES string of the molecule is COc1cccc(C#[C][Hg][C]#Cc2cccc(OC)c2)c1. The second-order valence-corrected chi connectivity index (χ2v) is 8.37. The van der Waals surface area contributed by atoms with Crippen LogP contribution >= 0.6 is 0 Å². The van der Waals surface area contributed by atoms with E-state index in [1.807, 2.05) is 48.5 Å². The van der Waals surface area contributed by atoms with Gasteiger partial charge < -0.3 is 0 Å². The summed E-state index contributed by atoms with van der Waals surface area (Å²) in [5.74, 6) is 8.01. The van der Waals surface area contributed by atoms with Crippen LogP contribution < -0.4 is 9.47 Å². The van der Waals surface area contributed by atoms with Gasteiger partial charge in [-0.15, -0.1) is 0 Å². The van der Waals surface area contributed by atoms with E-state index in [9.17, 15) is 0 Å². The zero-order chi connectivity index (χ0) is 14.9. The quantitative estimate of drug-likeness (QED) is 0.504. The molecule has 0 saturated heterocycles. The third-order valence-electron chi connectivity index (χ3n) is 2.78. The summed E-state index contributed by atoms with van der Waals surface area (Å²) in [5, 5.41) is 0. The van der Waals surface area contributed by atoms with Gasteiger partial charge in [0.2, 0.25) is 0 Å². The maximum atomic E-state index is 5.17. The summed E-state index contributed by atoms with van der Waals surface area (Å²) in [4.78, 5) is 0. The summed E-state index contributed by atoms with van der Waals surface area (Å²) in [5.41, 5.74) is 1.97. The average molecular weight is 463 g/mol. The fourth-order valence-electron chi connectivity index (χ4n) is 1.74. The summed E-state index contributed by atoms with van der Waals surface area (Å²) in [7, 11) is 3.32. The Morgan fingerprint density at radius 3 is 1.67 bits per heavy atom. The molecule has 0 heterocycles. The van der Waals surface area contributed by atoms with Crippen LogP contribution in [0.3, 0.4) is 0 Å². The Balaban J connectivity index is 1.98. The van der Waals surface area contributed by atoms with E-state index in [1.165, 1.54) is 0 Å². The standard InChI is InChI=1S/2C9H7O.Hg/c2*1-3-8-5-4-6-9(7-8)10-2;/h2*4-7H,2H3;. The average Bonchev–Trinajstić information content (AvgIpc) is 2.55. The Hall–Kier alpha value is -1.90. The van der Waals surface area contributed by atoms with E-state index < -0.39 is 24.6 Å². The summed E-state index contributed by atoms with van der Waals surface area (Å²) in [6.07, 6.45) is 0. The van der Waals surface area contributed by atoms with Gasteiger partial charge in [0.1, 0.15) is 0 Å². The van der Waals surface area contributed by atoms with Gasteiger partial charge in [-0.2, -0.15) is 0 Å². The van der Waals surface area contributed by atoms with Crippen molar-refractivity contribution < 1.29 is 34.0 Å². The van der Waals surface area contributed by atoms with Crippen LogP contribution in [0, 0.1) is 18.7 Å². The zero-order valence-corrected chi connectivity index (χ0v) is 17.6. The first-order valence-electron chi connectivity index (χ1n) is 6.57. The first kappa shape index (κ1) is 15.5. The van der Waals surface area contributed by atoms with Gasteiger partial charge in [0, 0.05) is 0 Å². The molecule has 0 saturated carbocycles. The molecule has 0 bridgehead atoms. The monoisotopic (exact) mass is 464 g/mol. The molecule has 0 radical (unpaired) electrons. The zero-order valence-electron chi connectivity index (χ0n) is 12.1. The Labute approximate surface area is 137 Å².